The first kappa shape index (κ1) is 30.8. The van der Waals surface area contributed by atoms with E-state index in [1.165, 1.54) is 18.3 Å². The molecule has 3 heterocycles. The molecule has 0 aliphatic carbocycles. The van der Waals surface area contributed by atoms with Crippen LogP contribution in [0.15, 0.2) is 30.4 Å². The normalized spacial score (nSPS) is 18.9. The van der Waals surface area contributed by atoms with Crippen LogP contribution in [0, 0.1) is 11.8 Å². The first-order valence-electron chi connectivity index (χ1n) is 14.2. The van der Waals surface area contributed by atoms with Gasteiger partial charge >= 0.3 is 0 Å². The molecule has 2 saturated heterocycles. The Morgan fingerprint density at radius 2 is 1.93 bits per heavy atom. The number of aromatic nitrogens is 1. The number of hydrogen-bond donors (Lipinski definition) is 1. The second kappa shape index (κ2) is 14.6. The maximum Gasteiger partial charge on any atom is 0.224 e. The highest BCUT2D eigenvalue weighted by atomic mass is 35.5. The molecule has 8 nitrogen and oxygen atoms in total. The molecular weight excluding hydrogens is 548 g/mol. The lowest BCUT2D eigenvalue weighted by Crippen LogP contribution is -2.46. The zero-order valence-electron chi connectivity index (χ0n) is 23.6. The molecule has 0 spiro atoms. The molecule has 2 aliphatic heterocycles. The molecule has 2 fully saturated rings. The Bertz CT molecular complexity index is 1200. The van der Waals surface area contributed by atoms with Gasteiger partial charge in [-0.05, 0) is 57.4 Å². The van der Waals surface area contributed by atoms with Crippen LogP contribution < -0.4 is 5.32 Å². The number of piperazine rings is 1. The maximum atomic E-state index is 13.6. The zero-order valence-corrected chi connectivity index (χ0v) is 25.2. The number of ether oxygens (including phenoxy) is 1. The van der Waals surface area contributed by atoms with Crippen molar-refractivity contribution in [3.05, 3.63) is 40.4 Å². The smallest absolute Gasteiger partial charge is 0.224 e. The molecule has 1 amide bonds. The van der Waals surface area contributed by atoms with Crippen molar-refractivity contribution >= 4 is 50.6 Å². The van der Waals surface area contributed by atoms with Gasteiger partial charge in [0.25, 0.3) is 0 Å². The Morgan fingerprint density at radius 3 is 2.62 bits per heavy atom. The summed E-state index contributed by atoms with van der Waals surface area (Å²) in [5, 5.41) is 4.69. The topological polar surface area (TPSA) is 91.8 Å². The molecule has 0 saturated carbocycles. The van der Waals surface area contributed by atoms with Crippen LogP contribution in [0.2, 0.25) is 5.02 Å². The van der Waals surface area contributed by atoms with Crippen molar-refractivity contribution in [2.45, 2.75) is 51.5 Å². The molecular formula is C30H41ClN4O4S. The number of hydrogen-bond acceptors (Lipinski definition) is 8. The van der Waals surface area contributed by atoms with Gasteiger partial charge in [-0.3, -0.25) is 14.5 Å². The summed E-state index contributed by atoms with van der Waals surface area (Å²) in [5.41, 5.74) is 1.47. The molecule has 0 bridgehead atoms. The summed E-state index contributed by atoms with van der Waals surface area (Å²) in [6.45, 7) is 11.3. The number of Topliss-reactive ketones (excluding diaryl/α,β-unsaturated/α-hetero) is 2. The van der Waals surface area contributed by atoms with Crippen molar-refractivity contribution in [2.24, 2.45) is 11.8 Å². The third-order valence-electron chi connectivity index (χ3n) is 7.97. The number of halogens is 1. The van der Waals surface area contributed by atoms with Crippen molar-refractivity contribution in [1.82, 2.24) is 20.1 Å². The number of carbonyl (C=O) groups is 3. The van der Waals surface area contributed by atoms with Gasteiger partial charge in [0.15, 0.2) is 5.78 Å². The number of ketones is 2. The third kappa shape index (κ3) is 8.91. The summed E-state index contributed by atoms with van der Waals surface area (Å²) in [4.78, 5) is 48.0. The molecule has 0 unspecified atom stereocenters. The van der Waals surface area contributed by atoms with Crippen LogP contribution in [0.3, 0.4) is 0 Å². The lowest BCUT2D eigenvalue weighted by atomic mass is 9.87. The predicted molar refractivity (Wildman–Crippen MR) is 160 cm³/mol. The number of fused-ring (bicyclic) bond motifs is 1. The summed E-state index contributed by atoms with van der Waals surface area (Å²) < 4.78 is 6.52. The highest BCUT2D eigenvalue weighted by Crippen LogP contribution is 2.28. The average molecular weight is 589 g/mol. The lowest BCUT2D eigenvalue weighted by molar-refractivity contribution is -0.130. The van der Waals surface area contributed by atoms with Crippen LogP contribution in [0.4, 0.5) is 0 Å². The van der Waals surface area contributed by atoms with E-state index in [0.717, 1.165) is 54.2 Å². The molecule has 218 valence electrons. The monoisotopic (exact) mass is 588 g/mol. The van der Waals surface area contributed by atoms with Gasteiger partial charge in [-0.15, -0.1) is 11.3 Å². The lowest BCUT2D eigenvalue weighted by Gasteiger charge is -2.33. The van der Waals surface area contributed by atoms with Crippen LogP contribution >= 0.6 is 22.9 Å². The second-order valence-electron chi connectivity index (χ2n) is 11.2. The van der Waals surface area contributed by atoms with Crippen LogP contribution in [0.1, 0.15) is 44.0 Å². The molecule has 10 heteroatoms. The highest BCUT2D eigenvalue weighted by Gasteiger charge is 2.30. The Hall–Kier alpha value is -2.17. The number of benzene rings is 1. The van der Waals surface area contributed by atoms with Gasteiger partial charge in [-0.2, -0.15) is 0 Å². The minimum Gasteiger partial charge on any atom is -0.381 e. The number of amides is 1. The zero-order chi connectivity index (χ0) is 28.6. The Morgan fingerprint density at radius 1 is 1.20 bits per heavy atom. The fourth-order valence-electron chi connectivity index (χ4n) is 5.52. The van der Waals surface area contributed by atoms with Gasteiger partial charge in [-0.25, -0.2) is 4.98 Å². The van der Waals surface area contributed by atoms with E-state index in [1.54, 1.807) is 6.07 Å². The van der Waals surface area contributed by atoms with Crippen molar-refractivity contribution in [2.75, 3.05) is 53.0 Å². The largest absolute Gasteiger partial charge is 0.381 e. The molecule has 4 rings (SSSR count). The van der Waals surface area contributed by atoms with Crippen molar-refractivity contribution < 1.29 is 19.1 Å². The van der Waals surface area contributed by atoms with E-state index in [0.29, 0.717) is 49.6 Å². The van der Waals surface area contributed by atoms with E-state index in [1.807, 2.05) is 12.1 Å². The van der Waals surface area contributed by atoms with Crippen molar-refractivity contribution in [1.29, 1.82) is 0 Å². The van der Waals surface area contributed by atoms with E-state index < -0.39 is 5.92 Å². The number of nitrogens with zero attached hydrogens (tertiary/aromatic N) is 3. The molecule has 1 aromatic carbocycles. The molecule has 1 aromatic heterocycles. The first-order chi connectivity index (χ1) is 19.2. The second-order valence-corrected chi connectivity index (χ2v) is 12.8. The van der Waals surface area contributed by atoms with Gasteiger partial charge in [0, 0.05) is 81.8 Å². The predicted octanol–water partition coefficient (Wildman–Crippen LogP) is 4.15. The number of likely N-dealkylation sites (N-methyl/N-ethyl adjacent to an activating group) is 1. The van der Waals surface area contributed by atoms with Gasteiger partial charge in [0.1, 0.15) is 5.78 Å². The third-order valence-corrected chi connectivity index (χ3v) is 9.25. The number of nitrogens with one attached hydrogen (secondary N) is 1. The van der Waals surface area contributed by atoms with Crippen LogP contribution in [0.5, 0.6) is 0 Å². The van der Waals surface area contributed by atoms with Crippen LogP contribution in [0.25, 0.3) is 10.2 Å². The molecule has 40 heavy (non-hydrogen) atoms. The van der Waals surface area contributed by atoms with E-state index in [9.17, 15) is 14.4 Å². The summed E-state index contributed by atoms with van der Waals surface area (Å²) in [6, 6.07) is 5.37. The van der Waals surface area contributed by atoms with E-state index >= 15 is 0 Å². The van der Waals surface area contributed by atoms with E-state index in [4.69, 9.17) is 16.3 Å². The molecule has 2 aromatic rings. The Labute approximate surface area is 246 Å². The first-order valence-corrected chi connectivity index (χ1v) is 15.4. The van der Waals surface area contributed by atoms with Gasteiger partial charge in [0.2, 0.25) is 5.91 Å². The highest BCUT2D eigenvalue weighted by molar-refractivity contribution is 7.18. The van der Waals surface area contributed by atoms with Gasteiger partial charge in [0.05, 0.1) is 21.1 Å². The minimum atomic E-state index is -0.529. The molecule has 2 aliphatic rings. The Kier molecular flexibility index (Phi) is 11.3. The number of thiazole rings is 1. The fraction of sp³-hybridized carbons (Fsp3) is 0.600. The van der Waals surface area contributed by atoms with Crippen molar-refractivity contribution in [3.63, 3.8) is 0 Å². The molecule has 1 N–H and O–H groups in total. The summed E-state index contributed by atoms with van der Waals surface area (Å²) in [6.07, 6.45) is 3.07. The maximum absolute atomic E-state index is 13.6. The van der Waals surface area contributed by atoms with E-state index in [-0.39, 0.29) is 35.9 Å². The minimum absolute atomic E-state index is 0.0395. The quantitative estimate of drug-likeness (QED) is 0.351. The van der Waals surface area contributed by atoms with Gasteiger partial charge < -0.3 is 19.7 Å². The summed E-state index contributed by atoms with van der Waals surface area (Å²) >= 11 is 7.64. The van der Waals surface area contributed by atoms with Crippen molar-refractivity contribution in [3.8, 4) is 0 Å². The van der Waals surface area contributed by atoms with Crippen LogP contribution in [-0.4, -0.2) is 91.3 Å². The number of rotatable bonds is 13. The molecule has 2 atom stereocenters. The number of carbonyl (C=O) groups excluding carboxylic acids is 3. The fourth-order valence-corrected chi connectivity index (χ4v) is 6.84. The van der Waals surface area contributed by atoms with Gasteiger partial charge in [-0.1, -0.05) is 18.2 Å². The summed E-state index contributed by atoms with van der Waals surface area (Å²) in [5.74, 6) is -0.452. The Balaban J connectivity index is 1.40. The molecule has 0 radical (unpaired) electrons. The van der Waals surface area contributed by atoms with E-state index in [2.05, 4.69) is 33.7 Å². The standard InChI is InChI=1S/C30H41ClN4O4S/c1-20(19-35-12-10-34(3)11-13-35)27(37)7-6-25(22-8-14-39-15-9-22)33-30(38)23(16-21(2)36)17-29-32-26-5-4-24(31)18-28(26)40-29/h4-5,18,22-23,25H,1,6-17,19H2,2-3H3,(H,33,38)/t23-,25+/m0/s1. The van der Waals surface area contributed by atoms with Crippen LogP contribution in [-0.2, 0) is 25.5 Å². The summed E-state index contributed by atoms with van der Waals surface area (Å²) in [7, 11) is 2.11. The SMILES string of the molecule is C=C(CN1CCN(C)CC1)C(=O)CC[C@@H](NC(=O)[C@@H](CC(C)=O)Cc1nc2ccc(Cl)cc2s1)C1CCOCC1. The average Bonchev–Trinajstić information content (AvgIpc) is 3.33.